The summed E-state index contributed by atoms with van der Waals surface area (Å²) in [7, 11) is 4.75. The minimum absolute atomic E-state index is 0.149. The second-order valence-electron chi connectivity index (χ2n) is 3.99. The van der Waals surface area contributed by atoms with Crippen LogP contribution in [-0.4, -0.2) is 27.1 Å². The first kappa shape index (κ1) is 14.4. The minimum atomic E-state index is 0.149. The lowest BCUT2D eigenvalue weighted by atomic mass is 10.0. The van der Waals surface area contributed by atoms with Crippen LogP contribution in [0.2, 0.25) is 0 Å². The van der Waals surface area contributed by atoms with Crippen molar-refractivity contribution in [1.82, 2.24) is 0 Å². The van der Waals surface area contributed by atoms with Crippen LogP contribution in [0.15, 0.2) is 6.07 Å². The average Bonchev–Trinajstić information content (AvgIpc) is 2.39. The van der Waals surface area contributed by atoms with E-state index in [1.807, 2.05) is 13.8 Å². The van der Waals surface area contributed by atoms with Crippen molar-refractivity contribution in [3.63, 3.8) is 0 Å². The highest BCUT2D eigenvalue weighted by Gasteiger charge is 2.19. The largest absolute Gasteiger partial charge is 0.496 e. The zero-order valence-corrected chi connectivity index (χ0v) is 11.6. The number of ether oxygens (including phenoxy) is 3. The standard InChI is InChI=1S/C14H20O4/c1-6-10(15)7-11-13(17-4)8-12(16-3)9(2)14(11)18-5/h8H,6-7H2,1-5H3. The average molecular weight is 252 g/mol. The summed E-state index contributed by atoms with van der Waals surface area (Å²) < 4.78 is 16.0. The molecule has 0 atom stereocenters. The fourth-order valence-electron chi connectivity index (χ4n) is 1.92. The van der Waals surface area contributed by atoms with E-state index in [4.69, 9.17) is 14.2 Å². The van der Waals surface area contributed by atoms with E-state index in [-0.39, 0.29) is 5.78 Å². The molecule has 0 saturated carbocycles. The van der Waals surface area contributed by atoms with Crippen LogP contribution in [0.3, 0.4) is 0 Å². The molecule has 4 heteroatoms. The highest BCUT2D eigenvalue weighted by Crippen LogP contribution is 2.38. The molecule has 0 aliphatic rings. The monoisotopic (exact) mass is 252 g/mol. The molecule has 0 fully saturated rings. The van der Waals surface area contributed by atoms with Crippen LogP contribution in [0.5, 0.6) is 17.2 Å². The lowest BCUT2D eigenvalue weighted by molar-refractivity contribution is -0.118. The van der Waals surface area contributed by atoms with Crippen LogP contribution in [0.1, 0.15) is 24.5 Å². The van der Waals surface area contributed by atoms with E-state index in [9.17, 15) is 4.79 Å². The third-order valence-corrected chi connectivity index (χ3v) is 2.96. The van der Waals surface area contributed by atoms with Crippen molar-refractivity contribution in [3.05, 3.63) is 17.2 Å². The van der Waals surface area contributed by atoms with Gasteiger partial charge < -0.3 is 14.2 Å². The maximum atomic E-state index is 11.6. The van der Waals surface area contributed by atoms with Gasteiger partial charge in [-0.1, -0.05) is 6.92 Å². The highest BCUT2D eigenvalue weighted by molar-refractivity contribution is 5.82. The Morgan fingerprint density at radius 1 is 1.11 bits per heavy atom. The molecule has 0 N–H and O–H groups in total. The molecule has 0 saturated heterocycles. The molecule has 0 bridgehead atoms. The van der Waals surface area contributed by atoms with Crippen molar-refractivity contribution in [3.8, 4) is 17.2 Å². The van der Waals surface area contributed by atoms with Crippen molar-refractivity contribution in [2.24, 2.45) is 0 Å². The number of benzene rings is 1. The summed E-state index contributed by atoms with van der Waals surface area (Å²) in [5.74, 6) is 2.12. The van der Waals surface area contributed by atoms with Crippen LogP contribution >= 0.6 is 0 Å². The molecule has 1 aromatic rings. The summed E-state index contributed by atoms with van der Waals surface area (Å²) >= 11 is 0. The summed E-state index contributed by atoms with van der Waals surface area (Å²) in [5.41, 5.74) is 1.66. The number of Topliss-reactive ketones (excluding diaryl/α,β-unsaturated/α-hetero) is 1. The Kier molecular flexibility index (Phi) is 5.01. The van der Waals surface area contributed by atoms with Gasteiger partial charge in [-0.15, -0.1) is 0 Å². The molecule has 4 nitrogen and oxygen atoms in total. The smallest absolute Gasteiger partial charge is 0.137 e. The summed E-state index contributed by atoms with van der Waals surface area (Å²) in [5, 5.41) is 0. The Bertz CT molecular complexity index is 438. The van der Waals surface area contributed by atoms with Gasteiger partial charge in [0.25, 0.3) is 0 Å². The molecular weight excluding hydrogens is 232 g/mol. The van der Waals surface area contributed by atoms with Gasteiger partial charge in [0.15, 0.2) is 0 Å². The van der Waals surface area contributed by atoms with Gasteiger partial charge in [-0.25, -0.2) is 0 Å². The van der Waals surface area contributed by atoms with E-state index >= 15 is 0 Å². The predicted molar refractivity (Wildman–Crippen MR) is 69.8 cm³/mol. The fourth-order valence-corrected chi connectivity index (χ4v) is 1.92. The molecule has 0 aliphatic heterocycles. The van der Waals surface area contributed by atoms with E-state index in [0.717, 1.165) is 11.1 Å². The van der Waals surface area contributed by atoms with Gasteiger partial charge in [-0.2, -0.15) is 0 Å². The second kappa shape index (κ2) is 6.28. The summed E-state index contributed by atoms with van der Waals surface area (Å²) in [6.45, 7) is 3.74. The number of ketones is 1. The molecule has 1 rings (SSSR count). The van der Waals surface area contributed by atoms with Crippen LogP contribution in [0.4, 0.5) is 0 Å². The van der Waals surface area contributed by atoms with E-state index in [1.54, 1.807) is 27.4 Å². The first-order valence-electron chi connectivity index (χ1n) is 5.89. The first-order chi connectivity index (χ1) is 8.58. The molecule has 0 spiro atoms. The highest BCUT2D eigenvalue weighted by atomic mass is 16.5. The quantitative estimate of drug-likeness (QED) is 0.780. The van der Waals surface area contributed by atoms with Crippen molar-refractivity contribution < 1.29 is 19.0 Å². The van der Waals surface area contributed by atoms with Gasteiger partial charge in [-0.3, -0.25) is 4.79 Å². The van der Waals surface area contributed by atoms with Crippen LogP contribution < -0.4 is 14.2 Å². The van der Waals surface area contributed by atoms with Gasteiger partial charge in [0.1, 0.15) is 23.0 Å². The number of hydrogen-bond acceptors (Lipinski definition) is 4. The lowest BCUT2D eigenvalue weighted by Gasteiger charge is -2.17. The van der Waals surface area contributed by atoms with E-state index in [2.05, 4.69) is 0 Å². The van der Waals surface area contributed by atoms with Gasteiger partial charge >= 0.3 is 0 Å². The molecule has 0 aliphatic carbocycles. The molecule has 0 amide bonds. The Balaban J connectivity index is 3.36. The SMILES string of the molecule is CCC(=O)Cc1c(OC)cc(OC)c(C)c1OC. The molecule has 0 aromatic heterocycles. The predicted octanol–water partition coefficient (Wildman–Crippen LogP) is 2.54. The first-order valence-corrected chi connectivity index (χ1v) is 5.89. The lowest BCUT2D eigenvalue weighted by Crippen LogP contribution is -2.07. The maximum absolute atomic E-state index is 11.6. The number of hydrogen-bond donors (Lipinski definition) is 0. The molecule has 0 heterocycles. The molecule has 18 heavy (non-hydrogen) atoms. The second-order valence-corrected chi connectivity index (χ2v) is 3.99. The number of methoxy groups -OCH3 is 3. The van der Waals surface area contributed by atoms with Crippen LogP contribution in [0, 0.1) is 6.92 Å². The Morgan fingerprint density at radius 3 is 2.17 bits per heavy atom. The summed E-state index contributed by atoms with van der Waals surface area (Å²) in [6, 6.07) is 1.79. The molecule has 100 valence electrons. The van der Waals surface area contributed by atoms with Gasteiger partial charge in [0, 0.05) is 30.0 Å². The topological polar surface area (TPSA) is 44.8 Å². The van der Waals surface area contributed by atoms with E-state index in [1.165, 1.54) is 0 Å². The van der Waals surface area contributed by atoms with Gasteiger partial charge in [-0.05, 0) is 6.92 Å². The Labute approximate surface area is 108 Å². The van der Waals surface area contributed by atoms with Crippen molar-refractivity contribution in [2.45, 2.75) is 26.7 Å². The maximum Gasteiger partial charge on any atom is 0.137 e. The van der Waals surface area contributed by atoms with Crippen LogP contribution in [0.25, 0.3) is 0 Å². The van der Waals surface area contributed by atoms with Crippen molar-refractivity contribution in [2.75, 3.05) is 21.3 Å². The molecule has 0 radical (unpaired) electrons. The zero-order chi connectivity index (χ0) is 13.7. The summed E-state index contributed by atoms with van der Waals surface area (Å²) in [6.07, 6.45) is 0.811. The molecular formula is C14H20O4. The third-order valence-electron chi connectivity index (χ3n) is 2.96. The third kappa shape index (κ3) is 2.75. The number of rotatable bonds is 6. The van der Waals surface area contributed by atoms with Crippen molar-refractivity contribution >= 4 is 5.78 Å². The molecule has 1 aromatic carbocycles. The normalized spacial score (nSPS) is 10.1. The van der Waals surface area contributed by atoms with E-state index in [0.29, 0.717) is 30.1 Å². The van der Waals surface area contributed by atoms with Crippen LogP contribution in [-0.2, 0) is 11.2 Å². The molecule has 0 unspecified atom stereocenters. The Hall–Kier alpha value is -1.71. The Morgan fingerprint density at radius 2 is 1.72 bits per heavy atom. The number of carbonyl (C=O) groups excluding carboxylic acids is 1. The zero-order valence-electron chi connectivity index (χ0n) is 11.6. The fraction of sp³-hybridized carbons (Fsp3) is 0.500. The van der Waals surface area contributed by atoms with Gasteiger partial charge in [0.05, 0.1) is 21.3 Å². The van der Waals surface area contributed by atoms with Gasteiger partial charge in [0.2, 0.25) is 0 Å². The minimum Gasteiger partial charge on any atom is -0.496 e. The number of carbonyl (C=O) groups is 1. The van der Waals surface area contributed by atoms with Crippen molar-refractivity contribution in [1.29, 1.82) is 0 Å². The van der Waals surface area contributed by atoms with E-state index < -0.39 is 0 Å². The summed E-state index contributed by atoms with van der Waals surface area (Å²) in [4.78, 5) is 11.6.